The van der Waals surface area contributed by atoms with Gasteiger partial charge in [0.1, 0.15) is 17.6 Å². The molecule has 118 valence electrons. The van der Waals surface area contributed by atoms with Crippen molar-refractivity contribution >= 4 is 34.4 Å². The molecule has 0 unspecified atom stereocenters. The Bertz CT molecular complexity index is 821. The van der Waals surface area contributed by atoms with Crippen LogP contribution in [0.3, 0.4) is 0 Å². The summed E-state index contributed by atoms with van der Waals surface area (Å²) in [6, 6.07) is 8.68. The largest absolute Gasteiger partial charge is 0.475 e. The molecule has 0 aliphatic carbocycles. The number of hydrogen-bond donors (Lipinski definition) is 1. The molecule has 0 aliphatic rings. The number of fused-ring (bicyclic) bond motifs is 1. The maximum atomic E-state index is 12.4. The fourth-order valence-corrected chi connectivity index (χ4v) is 2.51. The van der Waals surface area contributed by atoms with E-state index in [-0.39, 0.29) is 5.91 Å². The van der Waals surface area contributed by atoms with Gasteiger partial charge in [-0.25, -0.2) is 4.98 Å². The van der Waals surface area contributed by atoms with Crippen molar-refractivity contribution in [1.29, 1.82) is 0 Å². The molecule has 23 heavy (non-hydrogen) atoms. The SMILES string of the molecule is COCCOc1cc(C(=O)Nc2cccc3nsnc23)ccn1. The first kappa shape index (κ1) is 15.3. The molecule has 0 radical (unpaired) electrons. The van der Waals surface area contributed by atoms with Gasteiger partial charge >= 0.3 is 0 Å². The second-order valence-corrected chi connectivity index (χ2v) is 5.14. The van der Waals surface area contributed by atoms with Gasteiger partial charge in [-0.15, -0.1) is 0 Å². The predicted octanol–water partition coefficient (Wildman–Crippen LogP) is 2.36. The normalized spacial score (nSPS) is 10.7. The van der Waals surface area contributed by atoms with Gasteiger partial charge in [0.2, 0.25) is 5.88 Å². The van der Waals surface area contributed by atoms with E-state index in [1.807, 2.05) is 12.1 Å². The van der Waals surface area contributed by atoms with Crippen LogP contribution in [-0.4, -0.2) is 40.0 Å². The first-order chi connectivity index (χ1) is 11.3. The topological polar surface area (TPSA) is 86.2 Å². The van der Waals surface area contributed by atoms with Crippen molar-refractivity contribution in [2.75, 3.05) is 25.6 Å². The minimum Gasteiger partial charge on any atom is -0.475 e. The number of hydrogen-bond acceptors (Lipinski definition) is 7. The molecule has 3 rings (SSSR count). The number of nitrogens with one attached hydrogen (secondary N) is 1. The maximum Gasteiger partial charge on any atom is 0.255 e. The Hall–Kier alpha value is -2.58. The highest BCUT2D eigenvalue weighted by Crippen LogP contribution is 2.22. The van der Waals surface area contributed by atoms with E-state index >= 15 is 0 Å². The van der Waals surface area contributed by atoms with Crippen LogP contribution in [0.4, 0.5) is 5.69 Å². The van der Waals surface area contributed by atoms with Gasteiger partial charge in [-0.3, -0.25) is 4.79 Å². The number of ether oxygens (including phenoxy) is 2. The molecule has 7 nitrogen and oxygen atoms in total. The van der Waals surface area contributed by atoms with Gasteiger partial charge in [-0.1, -0.05) is 6.07 Å². The summed E-state index contributed by atoms with van der Waals surface area (Å²) in [6.45, 7) is 0.829. The summed E-state index contributed by atoms with van der Waals surface area (Å²) in [5, 5.41) is 2.84. The molecule has 0 spiro atoms. The third-order valence-corrected chi connectivity index (χ3v) is 3.61. The molecule has 0 saturated carbocycles. The summed E-state index contributed by atoms with van der Waals surface area (Å²) < 4.78 is 18.7. The first-order valence-electron chi connectivity index (χ1n) is 6.88. The van der Waals surface area contributed by atoms with Crippen LogP contribution >= 0.6 is 11.7 Å². The molecule has 2 aromatic heterocycles. The lowest BCUT2D eigenvalue weighted by atomic mass is 10.2. The average Bonchev–Trinajstić information content (AvgIpc) is 3.05. The second-order valence-electron chi connectivity index (χ2n) is 4.62. The van der Waals surface area contributed by atoms with E-state index in [1.54, 1.807) is 25.3 Å². The summed E-state index contributed by atoms with van der Waals surface area (Å²) in [7, 11) is 1.59. The molecular formula is C15H14N4O3S. The molecule has 3 aromatic rings. The van der Waals surface area contributed by atoms with E-state index in [0.29, 0.717) is 35.9 Å². The quantitative estimate of drug-likeness (QED) is 0.698. The second kappa shape index (κ2) is 7.12. The van der Waals surface area contributed by atoms with Crippen LogP contribution in [0.1, 0.15) is 10.4 Å². The van der Waals surface area contributed by atoms with Crippen molar-refractivity contribution in [3.63, 3.8) is 0 Å². The number of pyridine rings is 1. The van der Waals surface area contributed by atoms with Crippen molar-refractivity contribution in [2.24, 2.45) is 0 Å². The Morgan fingerprint density at radius 3 is 3.04 bits per heavy atom. The molecule has 2 heterocycles. The number of nitrogens with zero attached hydrogens (tertiary/aromatic N) is 3. The number of aromatic nitrogens is 3. The third-order valence-electron chi connectivity index (χ3n) is 3.07. The highest BCUT2D eigenvalue weighted by atomic mass is 32.1. The van der Waals surface area contributed by atoms with Crippen LogP contribution in [0.25, 0.3) is 11.0 Å². The zero-order valence-corrected chi connectivity index (χ0v) is 13.2. The molecule has 1 N–H and O–H groups in total. The average molecular weight is 330 g/mol. The van der Waals surface area contributed by atoms with Gasteiger partial charge in [-0.2, -0.15) is 8.75 Å². The van der Waals surface area contributed by atoms with Gasteiger partial charge in [0, 0.05) is 24.9 Å². The molecular weight excluding hydrogens is 316 g/mol. The van der Waals surface area contributed by atoms with E-state index in [9.17, 15) is 4.79 Å². The summed E-state index contributed by atoms with van der Waals surface area (Å²) in [5.41, 5.74) is 2.51. The first-order valence-corrected chi connectivity index (χ1v) is 7.61. The van der Waals surface area contributed by atoms with Crippen molar-refractivity contribution in [3.8, 4) is 5.88 Å². The van der Waals surface area contributed by atoms with Gasteiger partial charge in [0.05, 0.1) is 24.0 Å². The molecule has 1 aromatic carbocycles. The molecule has 1 amide bonds. The Morgan fingerprint density at radius 2 is 2.17 bits per heavy atom. The van der Waals surface area contributed by atoms with E-state index in [4.69, 9.17) is 9.47 Å². The van der Waals surface area contributed by atoms with Crippen molar-refractivity contribution in [1.82, 2.24) is 13.7 Å². The van der Waals surface area contributed by atoms with Crippen LogP contribution in [0.2, 0.25) is 0 Å². The monoisotopic (exact) mass is 330 g/mol. The maximum absolute atomic E-state index is 12.4. The van der Waals surface area contributed by atoms with Crippen LogP contribution in [0, 0.1) is 0 Å². The number of amides is 1. The van der Waals surface area contributed by atoms with E-state index < -0.39 is 0 Å². The summed E-state index contributed by atoms with van der Waals surface area (Å²) in [5.74, 6) is 0.118. The van der Waals surface area contributed by atoms with Gasteiger partial charge in [-0.05, 0) is 18.2 Å². The van der Waals surface area contributed by atoms with Crippen LogP contribution in [0.15, 0.2) is 36.5 Å². The Labute approximate surface area is 136 Å². The van der Waals surface area contributed by atoms with Crippen LogP contribution in [0.5, 0.6) is 5.88 Å². The number of carbonyl (C=O) groups is 1. The number of methoxy groups -OCH3 is 1. The van der Waals surface area contributed by atoms with Gasteiger partial charge in [0.15, 0.2) is 0 Å². The smallest absolute Gasteiger partial charge is 0.255 e. The van der Waals surface area contributed by atoms with Crippen molar-refractivity contribution in [2.45, 2.75) is 0 Å². The summed E-state index contributed by atoms with van der Waals surface area (Å²) in [6.07, 6.45) is 1.53. The molecule has 0 aliphatic heterocycles. The van der Waals surface area contributed by atoms with Crippen LogP contribution in [-0.2, 0) is 4.74 Å². The standard InChI is InChI=1S/C15H14N4O3S/c1-21-7-8-22-13-9-10(5-6-16-13)15(20)17-11-3-2-4-12-14(11)19-23-18-12/h2-6,9H,7-8H2,1H3,(H,17,20). The molecule has 8 heteroatoms. The Morgan fingerprint density at radius 1 is 1.26 bits per heavy atom. The number of benzene rings is 1. The minimum absolute atomic E-state index is 0.260. The highest BCUT2D eigenvalue weighted by Gasteiger charge is 2.11. The van der Waals surface area contributed by atoms with E-state index in [1.165, 1.54) is 6.20 Å². The molecule has 0 atom stereocenters. The third kappa shape index (κ3) is 3.61. The van der Waals surface area contributed by atoms with Crippen molar-refractivity contribution < 1.29 is 14.3 Å². The zero-order chi connectivity index (χ0) is 16.1. The Kier molecular flexibility index (Phi) is 4.74. The fraction of sp³-hybridized carbons (Fsp3) is 0.200. The van der Waals surface area contributed by atoms with E-state index in [2.05, 4.69) is 19.0 Å². The lowest BCUT2D eigenvalue weighted by Crippen LogP contribution is -2.13. The van der Waals surface area contributed by atoms with Gasteiger partial charge < -0.3 is 14.8 Å². The predicted molar refractivity (Wildman–Crippen MR) is 87.0 cm³/mol. The molecule has 0 fully saturated rings. The van der Waals surface area contributed by atoms with Crippen molar-refractivity contribution in [3.05, 3.63) is 42.1 Å². The fourth-order valence-electron chi connectivity index (χ4n) is 1.96. The Balaban J connectivity index is 1.75. The number of carbonyl (C=O) groups excluding carboxylic acids is 1. The van der Waals surface area contributed by atoms with E-state index in [0.717, 1.165) is 17.2 Å². The van der Waals surface area contributed by atoms with Crippen LogP contribution < -0.4 is 10.1 Å². The number of anilines is 1. The summed E-state index contributed by atoms with van der Waals surface area (Å²) >= 11 is 1.11. The van der Waals surface area contributed by atoms with Gasteiger partial charge in [0.25, 0.3) is 5.91 Å². The molecule has 0 saturated heterocycles. The zero-order valence-electron chi connectivity index (χ0n) is 12.4. The summed E-state index contributed by atoms with van der Waals surface area (Å²) in [4.78, 5) is 16.5. The highest BCUT2D eigenvalue weighted by molar-refractivity contribution is 7.00. The lowest BCUT2D eigenvalue weighted by molar-refractivity contribution is 0.102. The number of rotatable bonds is 6. The molecule has 0 bridgehead atoms. The minimum atomic E-state index is -0.260. The lowest BCUT2D eigenvalue weighted by Gasteiger charge is -2.08.